The second-order valence-electron chi connectivity index (χ2n) is 9.00. The first-order chi connectivity index (χ1) is 15.5. The lowest BCUT2D eigenvalue weighted by molar-refractivity contribution is -0.135. The number of fused-ring (bicyclic) bond motifs is 1. The molecule has 0 aliphatic carbocycles. The molecule has 0 atom stereocenters. The lowest BCUT2D eigenvalue weighted by Crippen LogP contribution is -2.41. The molecule has 1 fully saturated rings. The van der Waals surface area contributed by atoms with Crippen molar-refractivity contribution < 1.29 is 4.79 Å². The number of nitrogens with zero attached hydrogens (tertiary/aromatic N) is 5. The van der Waals surface area contributed by atoms with Gasteiger partial charge >= 0.3 is 0 Å². The molecule has 4 aromatic rings. The largest absolute Gasteiger partial charge is 0.342 e. The monoisotopic (exact) mass is 427 g/mol. The molecule has 1 aliphatic rings. The van der Waals surface area contributed by atoms with E-state index in [4.69, 9.17) is 5.10 Å². The standard InChI is InChI=1S/C26H29N5O/c1-18(2)26(32)30-13-11-21(12-14-30)31-17-27-23-10-9-20(15-24(23)31)22-16-29(3)28-25(22)19-7-5-4-6-8-19/h4-10,15-18,21H,11-14H2,1-3H3. The molecule has 0 bridgehead atoms. The SMILES string of the molecule is CC(C)C(=O)N1CCC(n2cnc3ccc(-c4cn(C)nc4-c4ccccc4)cc32)CC1. The molecule has 0 N–H and O–H groups in total. The van der Waals surface area contributed by atoms with Crippen molar-refractivity contribution in [2.45, 2.75) is 32.7 Å². The van der Waals surface area contributed by atoms with Crippen molar-refractivity contribution in [1.82, 2.24) is 24.2 Å². The van der Waals surface area contributed by atoms with Crippen LogP contribution in [-0.4, -0.2) is 43.2 Å². The summed E-state index contributed by atoms with van der Waals surface area (Å²) in [6.45, 7) is 5.56. The molecule has 6 nitrogen and oxygen atoms in total. The summed E-state index contributed by atoms with van der Waals surface area (Å²) < 4.78 is 4.18. The summed E-state index contributed by atoms with van der Waals surface area (Å²) in [5.74, 6) is 0.313. The Labute approximate surface area is 188 Å². The van der Waals surface area contributed by atoms with Crippen LogP contribution in [0.25, 0.3) is 33.4 Å². The molecule has 6 heteroatoms. The molecule has 0 spiro atoms. The van der Waals surface area contributed by atoms with E-state index in [0.717, 1.165) is 59.3 Å². The summed E-state index contributed by atoms with van der Waals surface area (Å²) in [6.07, 6.45) is 5.95. The Morgan fingerprint density at radius 1 is 1.03 bits per heavy atom. The van der Waals surface area contributed by atoms with Gasteiger partial charge in [0.1, 0.15) is 5.69 Å². The van der Waals surface area contributed by atoms with E-state index in [2.05, 4.69) is 46.1 Å². The Kier molecular flexibility index (Phi) is 5.29. The fraction of sp³-hybridized carbons (Fsp3) is 0.346. The smallest absolute Gasteiger partial charge is 0.225 e. The van der Waals surface area contributed by atoms with E-state index < -0.39 is 0 Å². The first-order valence-corrected chi connectivity index (χ1v) is 11.4. The van der Waals surface area contributed by atoms with E-state index in [0.29, 0.717) is 6.04 Å². The quantitative estimate of drug-likeness (QED) is 0.464. The molecule has 32 heavy (non-hydrogen) atoms. The highest BCUT2D eigenvalue weighted by molar-refractivity contribution is 5.87. The van der Waals surface area contributed by atoms with Crippen LogP contribution in [0.3, 0.4) is 0 Å². The normalized spacial score (nSPS) is 15.1. The number of aromatic nitrogens is 4. The van der Waals surface area contributed by atoms with Gasteiger partial charge in [-0.2, -0.15) is 5.10 Å². The Balaban J connectivity index is 1.47. The second kappa shape index (κ2) is 8.26. The average molecular weight is 428 g/mol. The van der Waals surface area contributed by atoms with Crippen LogP contribution in [0.1, 0.15) is 32.7 Å². The number of amides is 1. The lowest BCUT2D eigenvalue weighted by atomic mass is 10.0. The van der Waals surface area contributed by atoms with Crippen molar-refractivity contribution >= 4 is 16.9 Å². The Hall–Kier alpha value is -3.41. The molecule has 2 aromatic carbocycles. The van der Waals surface area contributed by atoms with Crippen molar-refractivity contribution in [3.63, 3.8) is 0 Å². The fourth-order valence-electron chi connectivity index (χ4n) is 4.72. The number of likely N-dealkylation sites (tertiary alicyclic amines) is 1. The van der Waals surface area contributed by atoms with Gasteiger partial charge in [-0.15, -0.1) is 0 Å². The summed E-state index contributed by atoms with van der Waals surface area (Å²) in [5.41, 5.74) is 6.49. The van der Waals surface area contributed by atoms with Crippen LogP contribution in [0, 0.1) is 5.92 Å². The van der Waals surface area contributed by atoms with E-state index >= 15 is 0 Å². The summed E-state index contributed by atoms with van der Waals surface area (Å²) in [4.78, 5) is 19.0. The van der Waals surface area contributed by atoms with Crippen LogP contribution in [0.4, 0.5) is 0 Å². The number of hydrogen-bond acceptors (Lipinski definition) is 3. The van der Waals surface area contributed by atoms with E-state index in [1.165, 1.54) is 0 Å². The molecule has 3 heterocycles. The molecule has 0 saturated carbocycles. The molecule has 1 amide bonds. The molecule has 0 radical (unpaired) electrons. The minimum atomic E-state index is 0.0569. The van der Waals surface area contributed by atoms with Crippen molar-refractivity contribution in [2.75, 3.05) is 13.1 Å². The molecule has 5 rings (SSSR count). The minimum absolute atomic E-state index is 0.0569. The predicted octanol–water partition coefficient (Wildman–Crippen LogP) is 4.92. The number of carbonyl (C=O) groups excluding carboxylic acids is 1. The van der Waals surface area contributed by atoms with Gasteiger partial charge in [-0.05, 0) is 30.5 Å². The number of benzene rings is 2. The number of piperidine rings is 1. The molecular weight excluding hydrogens is 398 g/mol. The average Bonchev–Trinajstić information content (AvgIpc) is 3.42. The van der Waals surface area contributed by atoms with Gasteiger partial charge in [0.25, 0.3) is 0 Å². The van der Waals surface area contributed by atoms with Crippen LogP contribution >= 0.6 is 0 Å². The Morgan fingerprint density at radius 2 is 1.78 bits per heavy atom. The molecule has 164 valence electrons. The zero-order valence-electron chi connectivity index (χ0n) is 18.9. The molecule has 0 unspecified atom stereocenters. The number of carbonyl (C=O) groups is 1. The zero-order chi connectivity index (χ0) is 22.2. The Morgan fingerprint density at radius 3 is 2.50 bits per heavy atom. The van der Waals surface area contributed by atoms with Gasteiger partial charge in [-0.25, -0.2) is 4.98 Å². The van der Waals surface area contributed by atoms with Gasteiger partial charge in [-0.1, -0.05) is 50.2 Å². The third-order valence-corrected chi connectivity index (χ3v) is 6.43. The van der Waals surface area contributed by atoms with Gasteiger partial charge in [-0.3, -0.25) is 9.48 Å². The van der Waals surface area contributed by atoms with Crippen molar-refractivity contribution in [3.8, 4) is 22.4 Å². The summed E-state index contributed by atoms with van der Waals surface area (Å²) >= 11 is 0. The molecule has 1 saturated heterocycles. The van der Waals surface area contributed by atoms with E-state index in [9.17, 15) is 4.79 Å². The van der Waals surface area contributed by atoms with Crippen LogP contribution in [0.15, 0.2) is 61.1 Å². The maximum atomic E-state index is 12.4. The third kappa shape index (κ3) is 3.70. The maximum Gasteiger partial charge on any atom is 0.225 e. The number of rotatable bonds is 4. The van der Waals surface area contributed by atoms with Crippen molar-refractivity contribution in [1.29, 1.82) is 0 Å². The highest BCUT2D eigenvalue weighted by Crippen LogP contribution is 2.34. The second-order valence-corrected chi connectivity index (χ2v) is 9.00. The minimum Gasteiger partial charge on any atom is -0.342 e. The highest BCUT2D eigenvalue weighted by Gasteiger charge is 2.26. The van der Waals surface area contributed by atoms with Crippen LogP contribution < -0.4 is 0 Å². The first-order valence-electron chi connectivity index (χ1n) is 11.4. The highest BCUT2D eigenvalue weighted by atomic mass is 16.2. The fourth-order valence-corrected chi connectivity index (χ4v) is 4.72. The van der Waals surface area contributed by atoms with Gasteiger partial charge < -0.3 is 9.47 Å². The number of imidazole rings is 1. The maximum absolute atomic E-state index is 12.4. The van der Waals surface area contributed by atoms with Crippen LogP contribution in [0.2, 0.25) is 0 Å². The van der Waals surface area contributed by atoms with Gasteiger partial charge in [0, 0.05) is 49.4 Å². The van der Waals surface area contributed by atoms with Crippen molar-refractivity contribution in [2.24, 2.45) is 13.0 Å². The van der Waals surface area contributed by atoms with E-state index in [-0.39, 0.29) is 11.8 Å². The molecule has 1 aliphatic heterocycles. The number of aryl methyl sites for hydroxylation is 1. The third-order valence-electron chi connectivity index (χ3n) is 6.43. The molecular formula is C26H29N5O. The van der Waals surface area contributed by atoms with Crippen LogP contribution in [-0.2, 0) is 11.8 Å². The first kappa shape index (κ1) is 20.5. The topological polar surface area (TPSA) is 56.0 Å². The summed E-state index contributed by atoms with van der Waals surface area (Å²) in [5, 5.41) is 4.73. The zero-order valence-corrected chi connectivity index (χ0v) is 18.9. The van der Waals surface area contributed by atoms with Gasteiger partial charge in [0.15, 0.2) is 0 Å². The van der Waals surface area contributed by atoms with E-state index in [1.54, 1.807) is 0 Å². The summed E-state index contributed by atoms with van der Waals surface area (Å²) in [7, 11) is 1.96. The predicted molar refractivity (Wildman–Crippen MR) is 127 cm³/mol. The van der Waals surface area contributed by atoms with Crippen LogP contribution in [0.5, 0.6) is 0 Å². The number of hydrogen-bond donors (Lipinski definition) is 0. The lowest BCUT2D eigenvalue weighted by Gasteiger charge is -2.33. The van der Waals surface area contributed by atoms with E-state index in [1.807, 2.05) is 55.0 Å². The summed E-state index contributed by atoms with van der Waals surface area (Å²) in [6, 6.07) is 17.1. The van der Waals surface area contributed by atoms with Gasteiger partial charge in [0.05, 0.1) is 17.4 Å². The van der Waals surface area contributed by atoms with Gasteiger partial charge in [0.2, 0.25) is 5.91 Å². The Bertz CT molecular complexity index is 1250. The molecule has 2 aromatic heterocycles. The van der Waals surface area contributed by atoms with Crippen molar-refractivity contribution in [3.05, 3.63) is 61.1 Å².